The van der Waals surface area contributed by atoms with Crippen molar-refractivity contribution in [3.05, 3.63) is 59.7 Å². The summed E-state index contributed by atoms with van der Waals surface area (Å²) in [5, 5.41) is 2.80. The maximum Gasteiger partial charge on any atom is 0.269 e. The van der Waals surface area contributed by atoms with Crippen LogP contribution in [0.5, 0.6) is 5.75 Å². The van der Waals surface area contributed by atoms with E-state index in [1.54, 1.807) is 55.6 Å². The largest absolute Gasteiger partial charge is 0.491 e. The smallest absolute Gasteiger partial charge is 0.269 e. The first-order valence-corrected chi connectivity index (χ1v) is 9.30. The number of hydrogen-bond acceptors (Lipinski definition) is 5. The van der Waals surface area contributed by atoms with E-state index >= 15 is 0 Å². The Hall–Kier alpha value is -3.39. The van der Waals surface area contributed by atoms with E-state index in [-0.39, 0.29) is 11.8 Å². The lowest BCUT2D eigenvalue weighted by molar-refractivity contribution is -0.117. The van der Waals surface area contributed by atoms with Crippen LogP contribution in [0.4, 0.5) is 5.69 Å². The van der Waals surface area contributed by atoms with E-state index in [1.807, 2.05) is 0 Å². The van der Waals surface area contributed by atoms with Crippen LogP contribution in [-0.2, 0) is 9.53 Å². The van der Waals surface area contributed by atoms with Gasteiger partial charge in [-0.15, -0.1) is 0 Å². The Bertz CT molecular complexity index is 861. The third-order valence-electron chi connectivity index (χ3n) is 4.33. The lowest BCUT2D eigenvalue weighted by Gasteiger charge is -2.09. The van der Waals surface area contributed by atoms with E-state index in [1.165, 1.54) is 0 Å². The van der Waals surface area contributed by atoms with Gasteiger partial charge in [-0.05, 0) is 61.4 Å². The number of ether oxygens (including phenoxy) is 2. The standard InChI is InChI=1S/C21H23N3O5/c1-28-12-13-29-18-10-6-16(7-11-18)21(27)24-23-20(26)15-4-8-17(9-5-15)22-19(25)14-2-3-14/h4-11,14H,2-3,12-13H2,1H3,(H,22,25)(H,23,26)(H,24,27). The molecule has 0 unspecified atom stereocenters. The summed E-state index contributed by atoms with van der Waals surface area (Å²) < 4.78 is 10.3. The highest BCUT2D eigenvalue weighted by Gasteiger charge is 2.29. The van der Waals surface area contributed by atoms with E-state index in [0.29, 0.717) is 35.8 Å². The maximum absolute atomic E-state index is 12.2. The fraction of sp³-hybridized carbons (Fsp3) is 0.286. The molecule has 0 bridgehead atoms. The molecule has 0 heterocycles. The molecule has 1 saturated carbocycles. The number of amides is 3. The Kier molecular flexibility index (Phi) is 6.80. The summed E-state index contributed by atoms with van der Waals surface area (Å²) in [6.07, 6.45) is 1.85. The number of benzene rings is 2. The molecule has 0 aliphatic heterocycles. The van der Waals surface area contributed by atoms with E-state index in [4.69, 9.17) is 9.47 Å². The van der Waals surface area contributed by atoms with Gasteiger partial charge in [0.2, 0.25) is 5.91 Å². The van der Waals surface area contributed by atoms with Crippen molar-refractivity contribution in [2.75, 3.05) is 25.6 Å². The molecule has 0 atom stereocenters. The number of hydrogen-bond donors (Lipinski definition) is 3. The third kappa shape index (κ3) is 6.05. The summed E-state index contributed by atoms with van der Waals surface area (Å²) in [6, 6.07) is 13.0. The molecule has 0 spiro atoms. The van der Waals surface area contributed by atoms with Gasteiger partial charge >= 0.3 is 0 Å². The first-order valence-electron chi connectivity index (χ1n) is 9.30. The number of hydrazine groups is 1. The molecule has 0 aromatic heterocycles. The van der Waals surface area contributed by atoms with Crippen molar-refractivity contribution in [1.29, 1.82) is 0 Å². The molecule has 1 aliphatic carbocycles. The molecule has 1 fully saturated rings. The van der Waals surface area contributed by atoms with Crippen LogP contribution < -0.4 is 20.9 Å². The molecule has 1 aliphatic rings. The molecule has 152 valence electrons. The Morgan fingerprint density at radius 3 is 1.93 bits per heavy atom. The van der Waals surface area contributed by atoms with Crippen LogP contribution in [0.1, 0.15) is 33.6 Å². The van der Waals surface area contributed by atoms with E-state index in [9.17, 15) is 14.4 Å². The van der Waals surface area contributed by atoms with E-state index in [2.05, 4.69) is 16.2 Å². The molecular formula is C21H23N3O5. The van der Waals surface area contributed by atoms with Crippen molar-refractivity contribution in [3.8, 4) is 5.75 Å². The van der Waals surface area contributed by atoms with Crippen molar-refractivity contribution in [1.82, 2.24) is 10.9 Å². The molecule has 8 heteroatoms. The van der Waals surface area contributed by atoms with Crippen LogP contribution in [0.3, 0.4) is 0 Å². The molecular weight excluding hydrogens is 374 g/mol. The second-order valence-corrected chi connectivity index (χ2v) is 6.61. The van der Waals surface area contributed by atoms with Crippen LogP contribution >= 0.6 is 0 Å². The second kappa shape index (κ2) is 9.70. The highest BCUT2D eigenvalue weighted by atomic mass is 16.5. The van der Waals surface area contributed by atoms with Crippen LogP contribution in [0.2, 0.25) is 0 Å². The van der Waals surface area contributed by atoms with Gasteiger partial charge in [0, 0.05) is 29.8 Å². The van der Waals surface area contributed by atoms with E-state index in [0.717, 1.165) is 12.8 Å². The minimum absolute atomic E-state index is 0.00424. The first kappa shape index (κ1) is 20.3. The second-order valence-electron chi connectivity index (χ2n) is 6.61. The Morgan fingerprint density at radius 1 is 0.862 bits per heavy atom. The summed E-state index contributed by atoms with van der Waals surface area (Å²) in [4.78, 5) is 36.1. The predicted molar refractivity (Wildman–Crippen MR) is 107 cm³/mol. The molecule has 2 aromatic rings. The van der Waals surface area contributed by atoms with Gasteiger partial charge < -0.3 is 14.8 Å². The fourth-order valence-corrected chi connectivity index (χ4v) is 2.50. The van der Waals surface area contributed by atoms with Crippen LogP contribution in [0, 0.1) is 5.92 Å². The third-order valence-corrected chi connectivity index (χ3v) is 4.33. The lowest BCUT2D eigenvalue weighted by Crippen LogP contribution is -2.41. The molecule has 8 nitrogen and oxygen atoms in total. The summed E-state index contributed by atoms with van der Waals surface area (Å²) in [7, 11) is 1.59. The number of rotatable bonds is 8. The summed E-state index contributed by atoms with van der Waals surface area (Å²) in [6.45, 7) is 0.892. The monoisotopic (exact) mass is 397 g/mol. The van der Waals surface area contributed by atoms with Crippen molar-refractivity contribution in [3.63, 3.8) is 0 Å². The maximum atomic E-state index is 12.2. The van der Waals surface area contributed by atoms with Gasteiger partial charge in [-0.25, -0.2) is 0 Å². The Balaban J connectivity index is 1.46. The van der Waals surface area contributed by atoms with Crippen LogP contribution in [-0.4, -0.2) is 38.0 Å². The molecule has 0 saturated heterocycles. The number of methoxy groups -OCH3 is 1. The first-order chi connectivity index (χ1) is 14.1. The van der Waals surface area contributed by atoms with Crippen molar-refractivity contribution in [2.45, 2.75) is 12.8 Å². The van der Waals surface area contributed by atoms with E-state index < -0.39 is 11.8 Å². The van der Waals surface area contributed by atoms with Gasteiger partial charge in [-0.2, -0.15) is 0 Å². The minimum atomic E-state index is -0.460. The molecule has 3 rings (SSSR count). The Morgan fingerprint density at radius 2 is 1.41 bits per heavy atom. The van der Waals surface area contributed by atoms with Crippen LogP contribution in [0.15, 0.2) is 48.5 Å². The summed E-state index contributed by atoms with van der Waals surface area (Å²) >= 11 is 0. The zero-order valence-electron chi connectivity index (χ0n) is 16.1. The number of carbonyl (C=O) groups excluding carboxylic acids is 3. The van der Waals surface area contributed by atoms with Gasteiger partial charge in [0.1, 0.15) is 12.4 Å². The van der Waals surface area contributed by atoms with Gasteiger partial charge in [-0.1, -0.05) is 0 Å². The number of anilines is 1. The molecule has 3 amide bonds. The van der Waals surface area contributed by atoms with Gasteiger partial charge in [-0.3, -0.25) is 25.2 Å². The van der Waals surface area contributed by atoms with Crippen molar-refractivity contribution < 1.29 is 23.9 Å². The topological polar surface area (TPSA) is 106 Å². The quantitative estimate of drug-likeness (QED) is 0.467. The zero-order chi connectivity index (χ0) is 20.6. The average Bonchev–Trinajstić information content (AvgIpc) is 3.58. The van der Waals surface area contributed by atoms with Crippen molar-refractivity contribution >= 4 is 23.4 Å². The fourth-order valence-electron chi connectivity index (χ4n) is 2.50. The highest BCUT2D eigenvalue weighted by Crippen LogP contribution is 2.30. The average molecular weight is 397 g/mol. The SMILES string of the molecule is COCCOc1ccc(C(=O)NNC(=O)c2ccc(NC(=O)C3CC3)cc2)cc1. The molecule has 2 aromatic carbocycles. The minimum Gasteiger partial charge on any atom is -0.491 e. The lowest BCUT2D eigenvalue weighted by atomic mass is 10.2. The summed E-state index contributed by atoms with van der Waals surface area (Å²) in [5.41, 5.74) is 6.11. The van der Waals surface area contributed by atoms with Gasteiger partial charge in [0.05, 0.1) is 6.61 Å². The number of carbonyl (C=O) groups is 3. The molecule has 0 radical (unpaired) electrons. The van der Waals surface area contributed by atoms with Gasteiger partial charge in [0.15, 0.2) is 0 Å². The zero-order valence-corrected chi connectivity index (χ0v) is 16.1. The molecule has 3 N–H and O–H groups in total. The van der Waals surface area contributed by atoms with Crippen LogP contribution in [0.25, 0.3) is 0 Å². The normalized spacial score (nSPS) is 12.7. The summed E-state index contributed by atoms with van der Waals surface area (Å²) in [5.74, 6) is -0.173. The highest BCUT2D eigenvalue weighted by molar-refractivity contribution is 5.99. The number of nitrogens with one attached hydrogen (secondary N) is 3. The molecule has 29 heavy (non-hydrogen) atoms. The van der Waals surface area contributed by atoms with Gasteiger partial charge in [0.25, 0.3) is 11.8 Å². The Labute approximate surface area is 168 Å². The van der Waals surface area contributed by atoms with Crippen molar-refractivity contribution in [2.24, 2.45) is 5.92 Å². The predicted octanol–water partition coefficient (Wildman–Crippen LogP) is 2.14.